The van der Waals surface area contributed by atoms with Gasteiger partial charge in [-0.25, -0.2) is 0 Å². The van der Waals surface area contributed by atoms with E-state index in [0.29, 0.717) is 13.2 Å². The normalized spacial score (nSPS) is 20.6. The van der Waals surface area contributed by atoms with Crippen molar-refractivity contribution < 1.29 is 14.3 Å². The van der Waals surface area contributed by atoms with Crippen LogP contribution in [0, 0.1) is 5.92 Å². The molecule has 0 aliphatic carbocycles. The third-order valence-electron chi connectivity index (χ3n) is 7.63. The van der Waals surface area contributed by atoms with Crippen LogP contribution in [0.1, 0.15) is 24.8 Å². The van der Waals surface area contributed by atoms with E-state index in [1.54, 1.807) is 0 Å². The lowest BCUT2D eigenvalue weighted by molar-refractivity contribution is -0.125. The molecule has 1 N–H and O–H groups in total. The molecule has 2 fully saturated rings. The number of benzene rings is 2. The van der Waals surface area contributed by atoms with Crippen molar-refractivity contribution in [3.63, 3.8) is 0 Å². The number of aromatic nitrogens is 1. The topological polar surface area (TPSA) is 66.9 Å². The van der Waals surface area contributed by atoms with Crippen molar-refractivity contribution in [2.75, 3.05) is 50.8 Å². The van der Waals surface area contributed by atoms with Gasteiger partial charge in [-0.2, -0.15) is 0 Å². The van der Waals surface area contributed by atoms with Gasteiger partial charge in [0, 0.05) is 42.9 Å². The van der Waals surface area contributed by atoms with Crippen molar-refractivity contribution in [2.45, 2.75) is 31.7 Å². The standard InChI is InChI=1S/C29H34N4O3/c34-29(23-9-13-33(19-23)25-7-6-22-4-3-10-30-26(22)18-25)31-24(20-32-11-1-2-12-32)16-21-5-8-27-28(17-21)36-15-14-35-27/h3-8,10,17-18,23-24H,1-2,9,11-16,19-20H2,(H,31,34)/t23-,24?/m1/s1. The molecule has 7 heteroatoms. The lowest BCUT2D eigenvalue weighted by Gasteiger charge is -2.27. The Morgan fingerprint density at radius 3 is 2.78 bits per heavy atom. The Morgan fingerprint density at radius 1 is 1.03 bits per heavy atom. The quantitative estimate of drug-likeness (QED) is 0.550. The van der Waals surface area contributed by atoms with E-state index >= 15 is 0 Å². The van der Waals surface area contributed by atoms with Crippen molar-refractivity contribution in [1.82, 2.24) is 15.2 Å². The van der Waals surface area contributed by atoms with Crippen LogP contribution < -0.4 is 19.7 Å². The number of pyridine rings is 1. The number of ether oxygens (including phenoxy) is 2. The minimum absolute atomic E-state index is 0.00854. The van der Waals surface area contributed by atoms with Gasteiger partial charge in [-0.1, -0.05) is 18.2 Å². The molecular weight excluding hydrogens is 452 g/mol. The predicted octanol–water partition coefficient (Wildman–Crippen LogP) is 3.66. The number of nitrogens with one attached hydrogen (secondary N) is 1. The van der Waals surface area contributed by atoms with Crippen molar-refractivity contribution >= 4 is 22.5 Å². The van der Waals surface area contributed by atoms with Crippen LogP contribution in [0.5, 0.6) is 11.5 Å². The highest BCUT2D eigenvalue weighted by Gasteiger charge is 2.30. The molecule has 3 aromatic rings. The van der Waals surface area contributed by atoms with Gasteiger partial charge in [0.1, 0.15) is 13.2 Å². The molecule has 7 nitrogen and oxygen atoms in total. The second kappa shape index (κ2) is 10.3. The lowest BCUT2D eigenvalue weighted by Crippen LogP contribution is -2.46. The summed E-state index contributed by atoms with van der Waals surface area (Å²) in [6.45, 7) is 5.90. The summed E-state index contributed by atoms with van der Waals surface area (Å²) in [6.07, 6.45) is 5.96. The molecule has 0 bridgehead atoms. The Bertz CT molecular complexity index is 1230. The zero-order chi connectivity index (χ0) is 24.3. The third kappa shape index (κ3) is 5.12. The number of fused-ring (bicyclic) bond motifs is 2. The Hall–Kier alpha value is -3.32. The predicted molar refractivity (Wildman–Crippen MR) is 141 cm³/mol. The van der Waals surface area contributed by atoms with Crippen LogP contribution in [0.4, 0.5) is 5.69 Å². The van der Waals surface area contributed by atoms with Crippen molar-refractivity contribution in [3.8, 4) is 11.5 Å². The highest BCUT2D eigenvalue weighted by Crippen LogP contribution is 2.31. The maximum atomic E-state index is 13.4. The SMILES string of the molecule is O=C(NC(Cc1ccc2c(c1)OCCO2)CN1CCCC1)[C@@H]1CCN(c2ccc3cccnc3c2)C1. The molecule has 6 rings (SSSR count). The molecule has 0 radical (unpaired) electrons. The number of likely N-dealkylation sites (tertiary alicyclic amines) is 1. The summed E-state index contributed by atoms with van der Waals surface area (Å²) in [5, 5.41) is 4.56. The van der Waals surface area contributed by atoms with Crippen LogP contribution in [0.25, 0.3) is 10.9 Å². The summed E-state index contributed by atoms with van der Waals surface area (Å²) in [4.78, 5) is 22.7. The molecule has 1 unspecified atom stereocenters. The number of hydrogen-bond donors (Lipinski definition) is 1. The fourth-order valence-electron chi connectivity index (χ4n) is 5.72. The number of amides is 1. The van der Waals surface area contributed by atoms with E-state index in [9.17, 15) is 4.79 Å². The summed E-state index contributed by atoms with van der Waals surface area (Å²) in [5.74, 6) is 1.77. The van der Waals surface area contributed by atoms with Crippen LogP contribution in [0.3, 0.4) is 0 Å². The molecule has 36 heavy (non-hydrogen) atoms. The van der Waals surface area contributed by atoms with E-state index in [-0.39, 0.29) is 17.9 Å². The second-order valence-electron chi connectivity index (χ2n) is 10.2. The van der Waals surface area contributed by atoms with Gasteiger partial charge in [0.25, 0.3) is 0 Å². The average molecular weight is 487 g/mol. The molecule has 2 saturated heterocycles. The van der Waals surface area contributed by atoms with Crippen molar-refractivity contribution in [3.05, 3.63) is 60.3 Å². The molecular formula is C29H34N4O3. The fourth-order valence-corrected chi connectivity index (χ4v) is 5.72. The van der Waals surface area contributed by atoms with Gasteiger partial charge in [0.05, 0.1) is 11.4 Å². The van der Waals surface area contributed by atoms with Crippen LogP contribution in [0.2, 0.25) is 0 Å². The Kier molecular flexibility index (Phi) is 6.64. The molecule has 188 valence electrons. The second-order valence-corrected chi connectivity index (χ2v) is 10.2. The number of rotatable bonds is 7. The van der Waals surface area contributed by atoms with Gasteiger partial charge in [-0.05, 0) is 74.7 Å². The van der Waals surface area contributed by atoms with Gasteiger partial charge >= 0.3 is 0 Å². The van der Waals surface area contributed by atoms with E-state index in [0.717, 1.165) is 73.7 Å². The molecule has 1 aromatic heterocycles. The molecule has 4 heterocycles. The maximum absolute atomic E-state index is 13.4. The van der Waals surface area contributed by atoms with Gasteiger partial charge in [0.2, 0.25) is 5.91 Å². The summed E-state index contributed by atoms with van der Waals surface area (Å²) in [5.41, 5.74) is 3.30. The molecule has 0 spiro atoms. The zero-order valence-corrected chi connectivity index (χ0v) is 20.7. The first-order valence-electron chi connectivity index (χ1n) is 13.2. The van der Waals surface area contributed by atoms with Crippen LogP contribution >= 0.6 is 0 Å². The first kappa shape index (κ1) is 23.1. The van der Waals surface area contributed by atoms with Crippen molar-refractivity contribution in [1.29, 1.82) is 0 Å². The Morgan fingerprint density at radius 2 is 1.89 bits per heavy atom. The molecule has 2 atom stereocenters. The molecule has 0 saturated carbocycles. The highest BCUT2D eigenvalue weighted by atomic mass is 16.6. The maximum Gasteiger partial charge on any atom is 0.225 e. The average Bonchev–Trinajstić information content (AvgIpc) is 3.61. The lowest BCUT2D eigenvalue weighted by atomic mass is 10.0. The summed E-state index contributed by atoms with van der Waals surface area (Å²) >= 11 is 0. The van der Waals surface area contributed by atoms with Gasteiger partial charge in [-0.3, -0.25) is 9.78 Å². The smallest absolute Gasteiger partial charge is 0.225 e. The van der Waals surface area contributed by atoms with E-state index < -0.39 is 0 Å². The largest absolute Gasteiger partial charge is 0.486 e. The van der Waals surface area contributed by atoms with Crippen LogP contribution in [-0.2, 0) is 11.2 Å². The highest BCUT2D eigenvalue weighted by molar-refractivity contribution is 5.83. The summed E-state index contributed by atoms with van der Waals surface area (Å²) in [7, 11) is 0. The van der Waals surface area contributed by atoms with E-state index in [1.807, 2.05) is 18.3 Å². The molecule has 3 aliphatic rings. The van der Waals surface area contributed by atoms with Gasteiger partial charge in [0.15, 0.2) is 11.5 Å². The Balaban J connectivity index is 1.12. The van der Waals surface area contributed by atoms with Crippen LogP contribution in [0.15, 0.2) is 54.7 Å². The van der Waals surface area contributed by atoms with Crippen LogP contribution in [-0.4, -0.2) is 67.8 Å². The minimum Gasteiger partial charge on any atom is -0.486 e. The van der Waals surface area contributed by atoms with E-state index in [2.05, 4.69) is 56.5 Å². The number of carbonyl (C=O) groups is 1. The minimum atomic E-state index is -0.00854. The zero-order valence-electron chi connectivity index (χ0n) is 20.7. The number of carbonyl (C=O) groups excluding carboxylic acids is 1. The number of nitrogens with zero attached hydrogens (tertiary/aromatic N) is 3. The third-order valence-corrected chi connectivity index (χ3v) is 7.63. The molecule has 2 aromatic carbocycles. The van der Waals surface area contributed by atoms with Gasteiger partial charge in [-0.15, -0.1) is 0 Å². The Labute approximate surface area is 212 Å². The molecule has 1 amide bonds. The first-order valence-corrected chi connectivity index (χ1v) is 13.2. The summed E-state index contributed by atoms with van der Waals surface area (Å²) in [6, 6.07) is 16.7. The first-order chi connectivity index (χ1) is 17.7. The number of anilines is 1. The fraction of sp³-hybridized carbons (Fsp3) is 0.448. The van der Waals surface area contributed by atoms with Crippen molar-refractivity contribution in [2.24, 2.45) is 5.92 Å². The molecule has 3 aliphatic heterocycles. The van der Waals surface area contributed by atoms with E-state index in [4.69, 9.17) is 9.47 Å². The van der Waals surface area contributed by atoms with Gasteiger partial charge < -0.3 is 24.6 Å². The van der Waals surface area contributed by atoms with E-state index in [1.165, 1.54) is 18.4 Å². The monoisotopic (exact) mass is 486 g/mol. The number of hydrogen-bond acceptors (Lipinski definition) is 6. The summed E-state index contributed by atoms with van der Waals surface area (Å²) < 4.78 is 11.5.